The van der Waals surface area contributed by atoms with Gasteiger partial charge in [0.2, 0.25) is 0 Å². The topological polar surface area (TPSA) is 122 Å². The molecule has 2 aliphatic carbocycles. The number of urea groups is 2. The van der Waals surface area contributed by atoms with Crippen LogP contribution < -0.4 is 15.8 Å². The molecule has 0 bridgehead atoms. The lowest BCUT2D eigenvalue weighted by molar-refractivity contribution is 0.210. The predicted octanol–water partition coefficient (Wildman–Crippen LogP) is 2.17. The number of primary amides is 1. The van der Waals surface area contributed by atoms with Crippen molar-refractivity contribution in [2.45, 2.75) is 57.4 Å². The predicted molar refractivity (Wildman–Crippen MR) is 110 cm³/mol. The zero-order valence-corrected chi connectivity index (χ0v) is 17.1. The standard InChI is InChI=1S/C20H26N4O4S/c21-19(25)24-10-3-6-15(24)9-11-29(27,28)23-20(26)22-18-16-7-1-4-13(16)12-14-5-2-8-17(14)18/h9,11-12,15H,1-8,10H2,(H2,21,25)(H2,22,23,26)/b11-9+. The number of aryl methyl sites for hydroxylation is 2. The van der Waals surface area contributed by atoms with Crippen LogP contribution in [0.25, 0.3) is 0 Å². The summed E-state index contributed by atoms with van der Waals surface area (Å²) in [5.74, 6) is 0. The number of nitrogens with one attached hydrogen (secondary N) is 2. The molecule has 1 unspecified atom stereocenters. The maximum absolute atomic E-state index is 12.5. The van der Waals surface area contributed by atoms with Crippen molar-refractivity contribution in [2.75, 3.05) is 11.9 Å². The Bertz CT molecular complexity index is 954. The summed E-state index contributed by atoms with van der Waals surface area (Å²) in [6.07, 6.45) is 8.70. The molecule has 1 fully saturated rings. The van der Waals surface area contributed by atoms with E-state index in [1.165, 1.54) is 22.1 Å². The van der Waals surface area contributed by atoms with Crippen LogP contribution in [-0.4, -0.2) is 38.0 Å². The first-order valence-electron chi connectivity index (χ1n) is 10.1. The Kier molecular flexibility index (Phi) is 5.24. The van der Waals surface area contributed by atoms with Gasteiger partial charge in [0.15, 0.2) is 0 Å². The molecule has 8 nitrogen and oxygen atoms in total. The van der Waals surface area contributed by atoms with Crippen LogP contribution in [0.15, 0.2) is 17.6 Å². The van der Waals surface area contributed by atoms with E-state index in [2.05, 4.69) is 16.1 Å². The lowest BCUT2D eigenvalue weighted by Crippen LogP contribution is -2.39. The van der Waals surface area contributed by atoms with Crippen LogP contribution in [0.5, 0.6) is 0 Å². The van der Waals surface area contributed by atoms with Gasteiger partial charge in [0.05, 0.1) is 6.04 Å². The SMILES string of the molecule is NC(=O)N1CCCC1/C=C/S(=O)(=O)NC(=O)Nc1c2c(cc3c1CCC3)CCC2. The second kappa shape index (κ2) is 7.70. The van der Waals surface area contributed by atoms with E-state index in [1.54, 1.807) is 0 Å². The first-order valence-corrected chi connectivity index (χ1v) is 11.6. The lowest BCUT2D eigenvalue weighted by atomic mass is 9.99. The fourth-order valence-corrected chi connectivity index (χ4v) is 5.50. The van der Waals surface area contributed by atoms with Gasteiger partial charge < -0.3 is 16.0 Å². The van der Waals surface area contributed by atoms with Gasteiger partial charge in [-0.3, -0.25) is 0 Å². The summed E-state index contributed by atoms with van der Waals surface area (Å²) < 4.78 is 26.7. The molecule has 9 heteroatoms. The van der Waals surface area contributed by atoms with Crippen molar-refractivity contribution < 1.29 is 18.0 Å². The molecule has 1 saturated heterocycles. The van der Waals surface area contributed by atoms with Crippen LogP contribution in [-0.2, 0) is 35.7 Å². The number of amides is 4. The number of fused-ring (bicyclic) bond motifs is 2. The van der Waals surface area contributed by atoms with Crippen molar-refractivity contribution >= 4 is 27.8 Å². The Labute approximate surface area is 170 Å². The summed E-state index contributed by atoms with van der Waals surface area (Å²) in [6, 6.07) is 0.543. The quantitative estimate of drug-likeness (QED) is 0.694. The van der Waals surface area contributed by atoms with Crippen LogP contribution in [0.1, 0.15) is 47.9 Å². The summed E-state index contributed by atoms with van der Waals surface area (Å²) in [5.41, 5.74) is 10.9. The third-order valence-electron chi connectivity index (χ3n) is 6.01. The van der Waals surface area contributed by atoms with Crippen molar-refractivity contribution in [2.24, 2.45) is 5.73 Å². The minimum atomic E-state index is -3.99. The van der Waals surface area contributed by atoms with E-state index in [4.69, 9.17) is 5.73 Å². The van der Waals surface area contributed by atoms with Gasteiger partial charge in [0.25, 0.3) is 10.0 Å². The van der Waals surface area contributed by atoms with Crippen molar-refractivity contribution in [3.63, 3.8) is 0 Å². The monoisotopic (exact) mass is 418 g/mol. The Morgan fingerprint density at radius 1 is 1.07 bits per heavy atom. The summed E-state index contributed by atoms with van der Waals surface area (Å²) >= 11 is 0. The minimum Gasteiger partial charge on any atom is -0.351 e. The maximum Gasteiger partial charge on any atom is 0.333 e. The number of anilines is 1. The van der Waals surface area contributed by atoms with Crippen LogP contribution in [0.3, 0.4) is 0 Å². The number of benzene rings is 1. The number of sulfonamides is 1. The van der Waals surface area contributed by atoms with E-state index in [9.17, 15) is 18.0 Å². The molecule has 0 aromatic heterocycles. The van der Waals surface area contributed by atoms with Gasteiger partial charge in [-0.15, -0.1) is 0 Å². The number of likely N-dealkylation sites (tertiary alicyclic amines) is 1. The van der Waals surface area contributed by atoms with Gasteiger partial charge in [-0.25, -0.2) is 22.7 Å². The Hall–Kier alpha value is -2.55. The molecule has 1 aromatic carbocycles. The van der Waals surface area contributed by atoms with E-state index in [0.29, 0.717) is 13.0 Å². The zero-order chi connectivity index (χ0) is 20.6. The lowest BCUT2D eigenvalue weighted by Gasteiger charge is -2.19. The van der Waals surface area contributed by atoms with E-state index < -0.39 is 22.1 Å². The number of hydrogen-bond acceptors (Lipinski definition) is 4. The zero-order valence-electron chi connectivity index (χ0n) is 16.2. The molecule has 1 atom stereocenters. The average molecular weight is 419 g/mol. The molecule has 3 aliphatic rings. The molecule has 29 heavy (non-hydrogen) atoms. The number of rotatable bonds is 4. The third kappa shape index (κ3) is 4.10. The highest BCUT2D eigenvalue weighted by molar-refractivity contribution is 7.92. The minimum absolute atomic E-state index is 0.368. The smallest absolute Gasteiger partial charge is 0.333 e. The Balaban J connectivity index is 1.46. The molecular formula is C20H26N4O4S. The van der Waals surface area contributed by atoms with E-state index >= 15 is 0 Å². The normalized spacial score (nSPS) is 20.7. The van der Waals surface area contributed by atoms with E-state index in [-0.39, 0.29) is 6.04 Å². The molecule has 1 heterocycles. The third-order valence-corrected chi connectivity index (χ3v) is 6.99. The first kappa shape index (κ1) is 19.8. The van der Waals surface area contributed by atoms with Gasteiger partial charge in [-0.05, 0) is 79.7 Å². The maximum atomic E-state index is 12.5. The van der Waals surface area contributed by atoms with Crippen LogP contribution in [0, 0.1) is 0 Å². The van der Waals surface area contributed by atoms with Gasteiger partial charge in [0, 0.05) is 17.6 Å². The molecule has 4 rings (SSSR count). The highest BCUT2D eigenvalue weighted by Crippen LogP contribution is 2.38. The Morgan fingerprint density at radius 3 is 2.34 bits per heavy atom. The molecule has 0 spiro atoms. The molecule has 0 saturated carbocycles. The largest absolute Gasteiger partial charge is 0.351 e. The number of carbonyl (C=O) groups excluding carboxylic acids is 2. The molecular weight excluding hydrogens is 392 g/mol. The summed E-state index contributed by atoms with van der Waals surface area (Å²) in [6.45, 7) is 0.503. The molecule has 1 aromatic rings. The summed E-state index contributed by atoms with van der Waals surface area (Å²) in [7, 11) is -3.99. The summed E-state index contributed by atoms with van der Waals surface area (Å²) in [4.78, 5) is 25.3. The first-order chi connectivity index (χ1) is 13.8. The second-order valence-corrected chi connectivity index (χ2v) is 9.47. The van der Waals surface area contributed by atoms with Crippen molar-refractivity contribution in [3.05, 3.63) is 39.8 Å². The average Bonchev–Trinajstić information content (AvgIpc) is 3.39. The molecule has 4 amide bonds. The molecule has 1 aliphatic heterocycles. The van der Waals surface area contributed by atoms with Gasteiger partial charge >= 0.3 is 12.1 Å². The number of nitrogens with zero attached hydrogens (tertiary/aromatic N) is 1. The van der Waals surface area contributed by atoms with Gasteiger partial charge in [-0.2, -0.15) is 0 Å². The molecule has 0 radical (unpaired) electrons. The molecule has 4 N–H and O–H groups in total. The van der Waals surface area contributed by atoms with E-state index in [0.717, 1.165) is 67.2 Å². The van der Waals surface area contributed by atoms with Crippen LogP contribution in [0.2, 0.25) is 0 Å². The number of hydrogen-bond donors (Lipinski definition) is 3. The van der Waals surface area contributed by atoms with Crippen molar-refractivity contribution in [1.82, 2.24) is 9.62 Å². The second-order valence-electron chi connectivity index (χ2n) is 7.90. The van der Waals surface area contributed by atoms with Crippen molar-refractivity contribution in [1.29, 1.82) is 0 Å². The van der Waals surface area contributed by atoms with Crippen LogP contribution in [0.4, 0.5) is 15.3 Å². The van der Waals surface area contributed by atoms with E-state index in [1.807, 2.05) is 0 Å². The highest BCUT2D eigenvalue weighted by Gasteiger charge is 2.27. The fourth-order valence-electron chi connectivity index (χ4n) is 4.73. The Morgan fingerprint density at radius 2 is 1.72 bits per heavy atom. The number of carbonyl (C=O) groups is 2. The highest BCUT2D eigenvalue weighted by atomic mass is 32.2. The van der Waals surface area contributed by atoms with Crippen molar-refractivity contribution in [3.8, 4) is 0 Å². The fraction of sp³-hybridized carbons (Fsp3) is 0.500. The summed E-state index contributed by atoms with van der Waals surface area (Å²) in [5, 5.41) is 3.75. The molecule has 156 valence electrons. The number of nitrogens with two attached hydrogens (primary N) is 1. The van der Waals surface area contributed by atoms with Gasteiger partial charge in [-0.1, -0.05) is 6.07 Å². The van der Waals surface area contributed by atoms with Crippen LogP contribution >= 0.6 is 0 Å². The van der Waals surface area contributed by atoms with Gasteiger partial charge in [0.1, 0.15) is 0 Å².